The zero-order valence-electron chi connectivity index (χ0n) is 30.0. The van der Waals surface area contributed by atoms with E-state index in [-0.39, 0.29) is 47.7 Å². The lowest BCUT2D eigenvalue weighted by atomic mass is 9.79. The van der Waals surface area contributed by atoms with Crippen LogP contribution in [0.25, 0.3) is 0 Å². The van der Waals surface area contributed by atoms with E-state index < -0.39 is 21.3 Å². The van der Waals surface area contributed by atoms with Gasteiger partial charge in [-0.3, -0.25) is 0 Å². The van der Waals surface area contributed by atoms with Gasteiger partial charge in [0.1, 0.15) is 11.5 Å². The van der Waals surface area contributed by atoms with Crippen molar-refractivity contribution in [1.29, 1.82) is 0 Å². The van der Waals surface area contributed by atoms with Crippen molar-refractivity contribution in [3.05, 3.63) is 46.5 Å². The Morgan fingerprint density at radius 3 is 1.48 bits per heavy atom. The van der Waals surface area contributed by atoms with Crippen LogP contribution in [0.15, 0.2) is 34.1 Å². The van der Waals surface area contributed by atoms with E-state index in [2.05, 4.69) is 121 Å². The van der Waals surface area contributed by atoms with Crippen molar-refractivity contribution >= 4 is 19.9 Å². The maximum absolute atomic E-state index is 11.3. The Balaban J connectivity index is 2.72. The minimum absolute atomic E-state index is 0.141. The fourth-order valence-electron chi connectivity index (χ4n) is 5.21. The van der Waals surface area contributed by atoms with Gasteiger partial charge in [-0.05, 0) is 69.3 Å². The number of aromatic hydroxyl groups is 1. The van der Waals surface area contributed by atoms with Gasteiger partial charge in [-0.25, -0.2) is 0 Å². The van der Waals surface area contributed by atoms with Crippen molar-refractivity contribution in [2.24, 2.45) is 0 Å². The van der Waals surface area contributed by atoms with Crippen molar-refractivity contribution in [1.82, 2.24) is 0 Å². The summed E-state index contributed by atoms with van der Waals surface area (Å²) >= 11 is 0. The number of phenolic OH excluding ortho intramolecular Hbond substituents is 1. The number of ether oxygens (including phenoxy) is 1. The van der Waals surface area contributed by atoms with Gasteiger partial charge in [0.15, 0.2) is 0 Å². The molecule has 2 rings (SSSR count). The Labute approximate surface area is 273 Å². The minimum Gasteiger partial charge on any atom is -0.507 e. The highest BCUT2D eigenvalue weighted by Gasteiger charge is 2.33. The first-order chi connectivity index (χ1) is 19.9. The van der Waals surface area contributed by atoms with E-state index in [1.165, 1.54) is 9.79 Å². The first-order valence-electron chi connectivity index (χ1n) is 16.0. The first kappa shape index (κ1) is 38.8. The third-order valence-corrected chi connectivity index (χ3v) is 14.3. The van der Waals surface area contributed by atoms with Crippen LogP contribution in [0.3, 0.4) is 0 Å². The number of aliphatic hydroxyl groups excluding tert-OH is 3. The molecule has 252 valence electrons. The lowest BCUT2D eigenvalue weighted by molar-refractivity contribution is -0.00521. The van der Waals surface area contributed by atoms with Gasteiger partial charge in [0, 0.05) is 40.2 Å². The highest BCUT2D eigenvalue weighted by atomic mass is 33.2. The fourth-order valence-corrected chi connectivity index (χ4v) is 9.74. The second-order valence-corrected chi connectivity index (χ2v) is 22.8. The van der Waals surface area contributed by atoms with Crippen LogP contribution in [0.1, 0.15) is 125 Å². The Hall–Kier alpha value is -1.38. The predicted octanol–water partition coefficient (Wildman–Crippen LogP) is 8.98. The molecule has 0 radical (unpaired) electrons. The van der Waals surface area contributed by atoms with Crippen molar-refractivity contribution in [3.63, 3.8) is 0 Å². The highest BCUT2D eigenvalue weighted by molar-refractivity contribution is 8.94. The van der Waals surface area contributed by atoms with Crippen LogP contribution in [0.2, 0.25) is 0 Å². The molecule has 0 saturated heterocycles. The van der Waals surface area contributed by atoms with E-state index >= 15 is 0 Å². The maximum Gasteiger partial charge on any atom is 0.126 e. The van der Waals surface area contributed by atoms with Gasteiger partial charge in [0.05, 0.1) is 18.8 Å². The number of benzene rings is 2. The summed E-state index contributed by atoms with van der Waals surface area (Å²) in [5.41, 5.74) is 3.43. The predicted molar refractivity (Wildman–Crippen MR) is 191 cm³/mol. The van der Waals surface area contributed by atoms with Crippen LogP contribution in [0.4, 0.5) is 0 Å². The van der Waals surface area contributed by atoms with E-state index in [0.717, 1.165) is 33.8 Å². The maximum atomic E-state index is 11.3. The average Bonchev–Trinajstić information content (AvgIpc) is 2.86. The average molecular weight is 651 g/mol. The lowest BCUT2D eigenvalue weighted by Crippen LogP contribution is -2.29. The second kappa shape index (κ2) is 14.2. The Morgan fingerprint density at radius 1 is 0.705 bits per heavy atom. The van der Waals surface area contributed by atoms with E-state index in [1.807, 2.05) is 10.8 Å². The van der Waals surface area contributed by atoms with Gasteiger partial charge in [0.2, 0.25) is 0 Å². The van der Waals surface area contributed by atoms with Gasteiger partial charge in [-0.2, -0.15) is 9.06 Å². The second-order valence-electron chi connectivity index (χ2n) is 16.4. The lowest BCUT2D eigenvalue weighted by Gasteiger charge is -2.39. The summed E-state index contributed by atoms with van der Waals surface area (Å²) in [7, 11) is 0.540. The van der Waals surface area contributed by atoms with Gasteiger partial charge >= 0.3 is 0 Å². The monoisotopic (exact) mass is 650 g/mol. The van der Waals surface area contributed by atoms with Gasteiger partial charge < -0.3 is 25.2 Å². The first-order valence-corrected chi connectivity index (χ1v) is 19.5. The van der Waals surface area contributed by atoms with Gasteiger partial charge in [-0.1, -0.05) is 101 Å². The van der Waals surface area contributed by atoms with Crippen LogP contribution in [0, 0.1) is 0 Å². The number of phenols is 1. The number of hydrogen-bond acceptors (Lipinski definition) is 6. The molecular weight excluding hydrogens is 589 g/mol. The topological polar surface area (TPSA) is 90.2 Å². The van der Waals surface area contributed by atoms with E-state index in [9.17, 15) is 15.3 Å². The molecule has 4 N–H and O–H groups in total. The van der Waals surface area contributed by atoms with Gasteiger partial charge in [-0.15, -0.1) is 0 Å². The SMILES string of the molecule is CCS(C)(Sc1cc(C(C)(C)C)c(O)c(C(C)(C)C)c1)c1cc(C(C)(C)C)c(OCCC(O)C(O)CCO)c(C(C)(C)C)c1. The Bertz CT molecular complexity index is 1190. The summed E-state index contributed by atoms with van der Waals surface area (Å²) in [5, 5.41) is 41.0. The van der Waals surface area contributed by atoms with E-state index in [1.54, 1.807) is 0 Å². The zero-order chi connectivity index (χ0) is 34.1. The molecule has 0 aliphatic heterocycles. The molecular formula is C37H62O5S2. The minimum atomic E-state index is -1.40. The molecule has 2 aromatic carbocycles. The largest absolute Gasteiger partial charge is 0.507 e. The molecule has 0 aliphatic carbocycles. The summed E-state index contributed by atoms with van der Waals surface area (Å²) in [6.45, 7) is 28.6. The molecule has 0 fully saturated rings. The molecule has 7 heteroatoms. The highest BCUT2D eigenvalue weighted by Crippen LogP contribution is 2.67. The summed E-state index contributed by atoms with van der Waals surface area (Å²) in [5.74, 6) is 2.24. The van der Waals surface area contributed by atoms with Crippen LogP contribution in [0.5, 0.6) is 11.5 Å². The molecule has 0 aliphatic rings. The van der Waals surface area contributed by atoms with Crippen LogP contribution in [-0.2, 0) is 21.7 Å². The normalized spacial score (nSPS) is 16.8. The van der Waals surface area contributed by atoms with Crippen LogP contribution < -0.4 is 4.74 Å². The molecule has 3 unspecified atom stereocenters. The fraction of sp³-hybridized carbons (Fsp3) is 0.676. The molecule has 0 amide bonds. The van der Waals surface area contributed by atoms with E-state index in [4.69, 9.17) is 9.84 Å². The van der Waals surface area contributed by atoms with Crippen LogP contribution in [-0.4, -0.2) is 57.9 Å². The molecule has 3 atom stereocenters. The standard InChI is InChI=1S/C37H62O5S2/c1-15-44(14,43-24-20-26(34(2,3)4)32(41)27(21-24)35(5,6)7)25-22-28(36(8,9)10)33(29(23-25)37(11,12)13)42-19-17-31(40)30(39)16-18-38/h20-23,30-31,38-41H,15-19H2,1-14H3. The van der Waals surface area contributed by atoms with Crippen LogP contribution >= 0.6 is 19.9 Å². The molecule has 44 heavy (non-hydrogen) atoms. The summed E-state index contributed by atoms with van der Waals surface area (Å²) < 4.78 is 6.50. The van der Waals surface area contributed by atoms with Crippen molar-refractivity contribution in [3.8, 4) is 11.5 Å². The third kappa shape index (κ3) is 9.57. The third-order valence-electron chi connectivity index (χ3n) is 8.24. The molecule has 2 aromatic rings. The van der Waals surface area contributed by atoms with Crippen molar-refractivity contribution < 1.29 is 25.2 Å². The summed E-state index contributed by atoms with van der Waals surface area (Å²) in [6, 6.07) is 9.06. The van der Waals surface area contributed by atoms with Crippen molar-refractivity contribution in [2.75, 3.05) is 25.2 Å². The van der Waals surface area contributed by atoms with E-state index in [0.29, 0.717) is 5.75 Å². The Morgan fingerprint density at radius 2 is 1.11 bits per heavy atom. The number of rotatable bonds is 11. The zero-order valence-corrected chi connectivity index (χ0v) is 31.6. The van der Waals surface area contributed by atoms with Crippen molar-refractivity contribution in [2.45, 2.75) is 147 Å². The number of hydrogen-bond donors (Lipinski definition) is 4. The molecule has 0 bridgehead atoms. The van der Waals surface area contributed by atoms with Gasteiger partial charge in [0.25, 0.3) is 0 Å². The molecule has 0 heterocycles. The Kier molecular flexibility index (Phi) is 12.5. The molecule has 0 aromatic heterocycles. The molecule has 0 spiro atoms. The summed E-state index contributed by atoms with van der Waals surface area (Å²) in [6.07, 6.45) is 0.881. The molecule has 5 nitrogen and oxygen atoms in total. The molecule has 0 saturated carbocycles. The smallest absolute Gasteiger partial charge is 0.126 e. The number of aliphatic hydroxyl groups is 3. The summed E-state index contributed by atoms with van der Waals surface area (Å²) in [4.78, 5) is 2.50. The quantitative estimate of drug-likeness (QED) is 0.182.